The molecule has 0 fully saturated rings. The molecule has 0 aliphatic carbocycles. The maximum Gasteiger partial charge on any atom is 0.121 e. The number of hydrogen-bond acceptors (Lipinski definition) is 2. The van der Waals surface area contributed by atoms with E-state index >= 15 is 0 Å². The van der Waals surface area contributed by atoms with E-state index in [2.05, 4.69) is 0 Å². The zero-order chi connectivity index (χ0) is 5.70. The van der Waals surface area contributed by atoms with Gasteiger partial charge in [0.2, 0.25) is 0 Å². The summed E-state index contributed by atoms with van der Waals surface area (Å²) >= 11 is 0. The Morgan fingerprint density at radius 1 is 1.50 bits per heavy atom. The molecule has 8 heavy (non-hydrogen) atoms. The zero-order valence-electron chi connectivity index (χ0n) is 5.26. The maximum atomic E-state index is 9.68. The van der Waals surface area contributed by atoms with Crippen LogP contribution >= 0.6 is 12.4 Å². The lowest BCUT2D eigenvalue weighted by Crippen LogP contribution is -2.12. The van der Waals surface area contributed by atoms with Gasteiger partial charge in [-0.1, -0.05) is 0 Å². The first-order valence-electron chi connectivity index (χ1n) is 2.35. The lowest BCUT2D eigenvalue weighted by atomic mass is 10.4. The van der Waals surface area contributed by atoms with E-state index in [-0.39, 0.29) is 12.4 Å². The van der Waals surface area contributed by atoms with Gasteiger partial charge in [0.25, 0.3) is 0 Å². The molecule has 0 N–H and O–H groups in total. The van der Waals surface area contributed by atoms with Gasteiger partial charge in [-0.05, 0) is 14.1 Å². The smallest absolute Gasteiger partial charge is 0.121 e. The molecule has 0 heterocycles. The number of halogens is 1. The highest BCUT2D eigenvalue weighted by atomic mass is 35.5. The van der Waals surface area contributed by atoms with Crippen LogP contribution in [0.5, 0.6) is 0 Å². The number of carbonyl (C=O) groups is 1. The Kier molecular flexibility index (Phi) is 9.36. The summed E-state index contributed by atoms with van der Waals surface area (Å²) in [6.45, 7) is 0.865. The molecular weight excluding hydrogens is 126 g/mol. The minimum atomic E-state index is 0. The van der Waals surface area contributed by atoms with Crippen LogP contribution in [-0.4, -0.2) is 31.8 Å². The minimum absolute atomic E-state index is 0. The predicted molar refractivity (Wildman–Crippen MR) is 36.5 cm³/mol. The van der Waals surface area contributed by atoms with Crippen molar-refractivity contribution in [3.63, 3.8) is 0 Å². The van der Waals surface area contributed by atoms with Crippen molar-refractivity contribution in [1.29, 1.82) is 0 Å². The summed E-state index contributed by atoms with van der Waals surface area (Å²) in [7, 11) is 3.90. The third-order valence-electron chi connectivity index (χ3n) is 0.694. The second-order valence-corrected chi connectivity index (χ2v) is 1.76. The normalized spacial score (nSPS) is 8.38. The highest BCUT2D eigenvalue weighted by Gasteiger charge is 1.83. The molecule has 3 heteroatoms. The van der Waals surface area contributed by atoms with Gasteiger partial charge in [-0.25, -0.2) is 0 Å². The van der Waals surface area contributed by atoms with E-state index in [1.165, 1.54) is 0 Å². The van der Waals surface area contributed by atoms with Gasteiger partial charge >= 0.3 is 0 Å². The topological polar surface area (TPSA) is 20.3 Å². The molecule has 0 saturated carbocycles. The molecular formula is C5H12ClNO. The van der Waals surface area contributed by atoms with Crippen LogP contribution < -0.4 is 0 Å². The summed E-state index contributed by atoms with van der Waals surface area (Å²) in [6, 6.07) is 0. The van der Waals surface area contributed by atoms with Crippen LogP contribution in [0.2, 0.25) is 0 Å². The molecule has 0 aliphatic rings. The molecule has 0 radical (unpaired) electrons. The van der Waals surface area contributed by atoms with E-state index in [0.717, 1.165) is 12.8 Å². The molecule has 0 unspecified atom stereocenters. The summed E-state index contributed by atoms with van der Waals surface area (Å²) in [5, 5.41) is 0. The molecule has 2 nitrogen and oxygen atoms in total. The van der Waals surface area contributed by atoms with Crippen LogP contribution in [0.15, 0.2) is 0 Å². The fourth-order valence-electron chi connectivity index (χ4n) is 0.311. The molecule has 50 valence electrons. The summed E-state index contributed by atoms with van der Waals surface area (Å²) in [6.07, 6.45) is 1.58. The molecule has 0 aliphatic heterocycles. The Bertz CT molecular complexity index is 56.4. The quantitative estimate of drug-likeness (QED) is 0.530. The van der Waals surface area contributed by atoms with Gasteiger partial charge in [0, 0.05) is 13.0 Å². The number of hydrogen-bond donors (Lipinski definition) is 0. The average molecular weight is 138 g/mol. The molecule has 0 spiro atoms. The van der Waals surface area contributed by atoms with E-state index in [1.807, 2.05) is 19.0 Å². The second kappa shape index (κ2) is 6.92. The van der Waals surface area contributed by atoms with E-state index in [4.69, 9.17) is 0 Å². The predicted octanol–water partition coefficient (Wildman–Crippen LogP) is 0.559. The van der Waals surface area contributed by atoms with Gasteiger partial charge in [-0.2, -0.15) is 0 Å². The Balaban J connectivity index is 0. The highest BCUT2D eigenvalue weighted by Crippen LogP contribution is 1.74. The fourth-order valence-corrected chi connectivity index (χ4v) is 0.311. The average Bonchev–Trinajstić information content (AvgIpc) is 1.61. The molecule has 0 aromatic rings. The van der Waals surface area contributed by atoms with E-state index in [1.54, 1.807) is 0 Å². The van der Waals surface area contributed by atoms with Crippen molar-refractivity contribution in [3.05, 3.63) is 0 Å². The van der Waals surface area contributed by atoms with E-state index in [9.17, 15) is 4.79 Å². The molecule has 0 bridgehead atoms. The Hall–Kier alpha value is -0.0800. The van der Waals surface area contributed by atoms with Crippen molar-refractivity contribution in [1.82, 2.24) is 4.90 Å². The number of rotatable bonds is 3. The first kappa shape index (κ1) is 10.8. The molecule has 0 rings (SSSR count). The Labute approximate surface area is 56.3 Å². The third-order valence-corrected chi connectivity index (χ3v) is 0.694. The lowest BCUT2D eigenvalue weighted by Gasteiger charge is -2.03. The van der Waals surface area contributed by atoms with Crippen LogP contribution in [0, 0.1) is 0 Å². The molecule has 0 aromatic carbocycles. The van der Waals surface area contributed by atoms with Crippen molar-refractivity contribution in [2.24, 2.45) is 0 Å². The summed E-state index contributed by atoms with van der Waals surface area (Å²) < 4.78 is 0. The van der Waals surface area contributed by atoms with Crippen molar-refractivity contribution in [3.8, 4) is 0 Å². The lowest BCUT2D eigenvalue weighted by molar-refractivity contribution is -0.108. The zero-order valence-corrected chi connectivity index (χ0v) is 6.07. The van der Waals surface area contributed by atoms with Crippen LogP contribution in [0.25, 0.3) is 0 Å². The van der Waals surface area contributed by atoms with Gasteiger partial charge in [0.1, 0.15) is 6.29 Å². The summed E-state index contributed by atoms with van der Waals surface area (Å²) in [4.78, 5) is 11.7. The van der Waals surface area contributed by atoms with Crippen LogP contribution in [0.3, 0.4) is 0 Å². The largest absolute Gasteiger partial charge is 0.309 e. The minimum Gasteiger partial charge on any atom is -0.309 e. The maximum absolute atomic E-state index is 9.68. The van der Waals surface area contributed by atoms with Gasteiger partial charge < -0.3 is 9.69 Å². The van der Waals surface area contributed by atoms with Gasteiger partial charge in [-0.3, -0.25) is 0 Å². The summed E-state index contributed by atoms with van der Waals surface area (Å²) in [5.41, 5.74) is 0. The van der Waals surface area contributed by atoms with Crippen LogP contribution in [0.1, 0.15) is 6.42 Å². The van der Waals surface area contributed by atoms with Crippen LogP contribution in [-0.2, 0) is 4.79 Å². The Morgan fingerprint density at radius 2 is 2.00 bits per heavy atom. The monoisotopic (exact) mass is 137 g/mol. The van der Waals surface area contributed by atoms with Crippen LogP contribution in [0.4, 0.5) is 0 Å². The number of aldehydes is 1. The Morgan fingerprint density at radius 3 is 2.12 bits per heavy atom. The van der Waals surface area contributed by atoms with E-state index < -0.39 is 0 Å². The molecule has 0 atom stereocenters. The van der Waals surface area contributed by atoms with E-state index in [0.29, 0.717) is 6.42 Å². The molecule has 0 saturated heterocycles. The second-order valence-electron chi connectivity index (χ2n) is 1.76. The number of carbonyl (C=O) groups excluding carboxylic acids is 1. The summed E-state index contributed by atoms with van der Waals surface area (Å²) in [5.74, 6) is 0. The van der Waals surface area contributed by atoms with Gasteiger partial charge in [-0.15, -0.1) is 12.4 Å². The standard InChI is InChI=1S/C5H11NO.ClH/c1-6(2)4-3-5-7;/h5H,3-4H2,1-2H3;1H. The van der Waals surface area contributed by atoms with Crippen molar-refractivity contribution in [2.75, 3.05) is 20.6 Å². The van der Waals surface area contributed by atoms with Crippen molar-refractivity contribution >= 4 is 18.7 Å². The van der Waals surface area contributed by atoms with Gasteiger partial charge in [0.05, 0.1) is 0 Å². The first-order chi connectivity index (χ1) is 3.27. The van der Waals surface area contributed by atoms with Crippen molar-refractivity contribution in [2.45, 2.75) is 6.42 Å². The number of nitrogens with zero attached hydrogens (tertiary/aromatic N) is 1. The highest BCUT2D eigenvalue weighted by molar-refractivity contribution is 5.85. The van der Waals surface area contributed by atoms with Gasteiger partial charge in [0.15, 0.2) is 0 Å². The molecule has 0 amide bonds. The third kappa shape index (κ3) is 9.33. The first-order valence-corrected chi connectivity index (χ1v) is 2.35. The fraction of sp³-hybridized carbons (Fsp3) is 0.800. The SMILES string of the molecule is CN(C)CCC=O.Cl. The molecule has 0 aromatic heterocycles. The van der Waals surface area contributed by atoms with Crippen molar-refractivity contribution < 1.29 is 4.79 Å².